The second kappa shape index (κ2) is 4.90. The third-order valence-corrected chi connectivity index (χ3v) is 2.48. The van der Waals surface area contributed by atoms with E-state index < -0.39 is 17.3 Å². The lowest BCUT2D eigenvalue weighted by molar-refractivity contribution is -0.148. The number of carbonyl (C=O) groups excluding carboxylic acids is 1. The smallest absolute Gasteiger partial charge is 0.336 e. The molecule has 3 N–H and O–H groups in total. The van der Waals surface area contributed by atoms with Crippen molar-refractivity contribution in [3.63, 3.8) is 0 Å². The lowest BCUT2D eigenvalue weighted by atomic mass is 9.85. The van der Waals surface area contributed by atoms with Crippen LogP contribution in [-0.2, 0) is 15.1 Å². The summed E-state index contributed by atoms with van der Waals surface area (Å²) in [5.74, 6) is -1.77. The van der Waals surface area contributed by atoms with E-state index in [1.165, 1.54) is 0 Å². The molecule has 0 aromatic heterocycles. The third-order valence-electron chi connectivity index (χ3n) is 2.48. The molecule has 0 bridgehead atoms. The van der Waals surface area contributed by atoms with E-state index in [4.69, 9.17) is 10.8 Å². The van der Waals surface area contributed by atoms with Crippen LogP contribution in [-0.4, -0.2) is 16.9 Å². The summed E-state index contributed by atoms with van der Waals surface area (Å²) in [7, 11) is 0. The van der Waals surface area contributed by atoms with Crippen LogP contribution in [0.3, 0.4) is 0 Å². The summed E-state index contributed by atoms with van der Waals surface area (Å²) in [6, 6.07) is 8.19. The van der Waals surface area contributed by atoms with Crippen LogP contribution in [0.5, 0.6) is 0 Å². The normalized spacial score (nSPS) is 14.1. The van der Waals surface area contributed by atoms with Gasteiger partial charge in [-0.15, -0.1) is 0 Å². The molecule has 0 aliphatic rings. The number of aliphatic carboxylic acids is 1. The fraction of sp³-hybridized carbons (Fsp3) is 0.333. The number of rotatable bonds is 5. The van der Waals surface area contributed by atoms with Crippen LogP contribution >= 0.6 is 0 Å². The summed E-state index contributed by atoms with van der Waals surface area (Å²) in [4.78, 5) is 23.0. The van der Waals surface area contributed by atoms with E-state index in [-0.39, 0.29) is 6.42 Å². The molecule has 0 amide bonds. The van der Waals surface area contributed by atoms with Gasteiger partial charge in [-0.05, 0) is 12.0 Å². The Labute approximate surface area is 94.1 Å². The van der Waals surface area contributed by atoms with Gasteiger partial charge in [0.05, 0.1) is 0 Å². The van der Waals surface area contributed by atoms with Crippen LogP contribution in [0, 0.1) is 0 Å². The minimum absolute atomic E-state index is 0.164. The molecule has 1 aromatic carbocycles. The predicted molar refractivity (Wildman–Crippen MR) is 59.9 cm³/mol. The van der Waals surface area contributed by atoms with E-state index in [0.29, 0.717) is 12.0 Å². The Morgan fingerprint density at radius 3 is 2.31 bits per heavy atom. The number of carboxylic acids is 1. The lowest BCUT2D eigenvalue weighted by Gasteiger charge is -2.23. The topological polar surface area (TPSA) is 80.4 Å². The Hall–Kier alpha value is -1.68. The molecule has 1 aromatic rings. The van der Waals surface area contributed by atoms with E-state index >= 15 is 0 Å². The predicted octanol–water partition coefficient (Wildman–Crippen LogP) is 1.29. The van der Waals surface area contributed by atoms with Crippen molar-refractivity contribution in [2.45, 2.75) is 25.3 Å². The molecule has 0 saturated carbocycles. The molecule has 86 valence electrons. The molecule has 0 radical (unpaired) electrons. The average molecular weight is 221 g/mol. The Balaban J connectivity index is 3.17. The van der Waals surface area contributed by atoms with Crippen molar-refractivity contribution in [3.05, 3.63) is 35.9 Å². The number of hydrogen-bond acceptors (Lipinski definition) is 3. The van der Waals surface area contributed by atoms with E-state index in [2.05, 4.69) is 0 Å². The first-order chi connectivity index (χ1) is 7.53. The van der Waals surface area contributed by atoms with Gasteiger partial charge in [0.2, 0.25) is 0 Å². The molecule has 0 fully saturated rings. The number of hydrogen-bond donors (Lipinski definition) is 2. The summed E-state index contributed by atoms with van der Waals surface area (Å²) < 4.78 is 0. The van der Waals surface area contributed by atoms with Gasteiger partial charge >= 0.3 is 5.97 Å². The molecule has 1 rings (SSSR count). The highest BCUT2D eigenvalue weighted by Gasteiger charge is 2.42. The van der Waals surface area contributed by atoms with E-state index in [1.807, 2.05) is 6.92 Å². The summed E-state index contributed by atoms with van der Waals surface area (Å²) in [5, 5.41) is 9.14. The number of benzene rings is 1. The van der Waals surface area contributed by atoms with Gasteiger partial charge < -0.3 is 10.8 Å². The Morgan fingerprint density at radius 1 is 1.31 bits per heavy atom. The zero-order chi connectivity index (χ0) is 12.2. The minimum atomic E-state index is -1.92. The van der Waals surface area contributed by atoms with Gasteiger partial charge in [0, 0.05) is 6.42 Å². The number of nitrogens with two attached hydrogens (primary N) is 1. The summed E-state index contributed by atoms with van der Waals surface area (Å²) in [6.07, 6.45) is 0.746. The molecular formula is C12H15NO3. The maximum absolute atomic E-state index is 11.8. The second-order valence-electron chi connectivity index (χ2n) is 3.65. The van der Waals surface area contributed by atoms with E-state index in [9.17, 15) is 9.59 Å². The fourth-order valence-electron chi connectivity index (χ4n) is 1.53. The molecular weight excluding hydrogens is 206 g/mol. The summed E-state index contributed by atoms with van der Waals surface area (Å²) >= 11 is 0. The average Bonchev–Trinajstić information content (AvgIpc) is 2.29. The molecule has 4 nitrogen and oxygen atoms in total. The maximum atomic E-state index is 11.8. The largest absolute Gasteiger partial charge is 0.479 e. The first-order valence-corrected chi connectivity index (χ1v) is 5.14. The highest BCUT2D eigenvalue weighted by Crippen LogP contribution is 2.21. The highest BCUT2D eigenvalue weighted by molar-refractivity contribution is 6.08. The van der Waals surface area contributed by atoms with Crippen LogP contribution < -0.4 is 5.73 Å². The Kier molecular flexibility index (Phi) is 3.79. The van der Waals surface area contributed by atoms with Crippen molar-refractivity contribution < 1.29 is 14.7 Å². The van der Waals surface area contributed by atoms with E-state index in [0.717, 1.165) is 0 Å². The number of carboxylic acid groups (broad SMARTS) is 1. The summed E-state index contributed by atoms with van der Waals surface area (Å²) in [5.41, 5.74) is 4.14. The van der Waals surface area contributed by atoms with Crippen molar-refractivity contribution in [2.24, 2.45) is 5.73 Å². The Morgan fingerprint density at radius 2 is 1.88 bits per heavy atom. The molecule has 0 aliphatic heterocycles. The van der Waals surface area contributed by atoms with Gasteiger partial charge in [-0.25, -0.2) is 4.79 Å². The van der Waals surface area contributed by atoms with E-state index in [1.54, 1.807) is 30.3 Å². The molecule has 0 heterocycles. The van der Waals surface area contributed by atoms with Crippen molar-refractivity contribution in [3.8, 4) is 0 Å². The molecule has 0 saturated heterocycles. The first kappa shape index (κ1) is 12.4. The minimum Gasteiger partial charge on any atom is -0.479 e. The lowest BCUT2D eigenvalue weighted by Crippen LogP contribution is -2.51. The number of carbonyl (C=O) groups is 2. The van der Waals surface area contributed by atoms with Gasteiger partial charge in [0.1, 0.15) is 0 Å². The van der Waals surface area contributed by atoms with Crippen molar-refractivity contribution in [1.82, 2.24) is 0 Å². The van der Waals surface area contributed by atoms with Crippen LogP contribution in [0.2, 0.25) is 0 Å². The quantitative estimate of drug-likeness (QED) is 0.734. The van der Waals surface area contributed by atoms with Gasteiger partial charge in [0.25, 0.3) is 0 Å². The maximum Gasteiger partial charge on any atom is 0.336 e. The van der Waals surface area contributed by atoms with Gasteiger partial charge in [-0.3, -0.25) is 4.79 Å². The first-order valence-electron chi connectivity index (χ1n) is 5.14. The number of ketones is 1. The fourth-order valence-corrected chi connectivity index (χ4v) is 1.53. The van der Waals surface area contributed by atoms with Gasteiger partial charge in [-0.1, -0.05) is 37.3 Å². The molecule has 0 spiro atoms. The summed E-state index contributed by atoms with van der Waals surface area (Å²) in [6.45, 7) is 1.81. The standard InChI is InChI=1S/C12H15NO3/c1-2-6-10(14)12(13,11(15)16)9-7-4-3-5-8-9/h3-5,7-8H,2,6,13H2,1H3,(H,15,16). The third kappa shape index (κ3) is 2.12. The van der Waals surface area contributed by atoms with Crippen molar-refractivity contribution in [1.29, 1.82) is 0 Å². The molecule has 1 atom stereocenters. The molecule has 16 heavy (non-hydrogen) atoms. The second-order valence-corrected chi connectivity index (χ2v) is 3.65. The number of Topliss-reactive ketones (excluding diaryl/α,β-unsaturated/α-hetero) is 1. The van der Waals surface area contributed by atoms with Crippen LogP contribution in [0.4, 0.5) is 0 Å². The van der Waals surface area contributed by atoms with Crippen LogP contribution in [0.15, 0.2) is 30.3 Å². The zero-order valence-corrected chi connectivity index (χ0v) is 9.14. The Bertz CT molecular complexity index is 389. The highest BCUT2D eigenvalue weighted by atomic mass is 16.4. The van der Waals surface area contributed by atoms with Gasteiger partial charge in [0.15, 0.2) is 11.3 Å². The monoisotopic (exact) mass is 221 g/mol. The van der Waals surface area contributed by atoms with Gasteiger partial charge in [-0.2, -0.15) is 0 Å². The van der Waals surface area contributed by atoms with Crippen molar-refractivity contribution in [2.75, 3.05) is 0 Å². The molecule has 4 heteroatoms. The molecule has 0 aliphatic carbocycles. The zero-order valence-electron chi connectivity index (χ0n) is 9.14. The van der Waals surface area contributed by atoms with Crippen LogP contribution in [0.25, 0.3) is 0 Å². The van der Waals surface area contributed by atoms with Crippen LogP contribution in [0.1, 0.15) is 25.3 Å². The van der Waals surface area contributed by atoms with Crippen molar-refractivity contribution >= 4 is 11.8 Å². The molecule has 1 unspecified atom stereocenters. The SMILES string of the molecule is CCCC(=O)C(N)(C(=O)O)c1ccccc1.